The van der Waals surface area contributed by atoms with Crippen LogP contribution >= 0.6 is 35.6 Å². The second kappa shape index (κ2) is 9.04. The van der Waals surface area contributed by atoms with Crippen molar-refractivity contribution in [1.29, 1.82) is 0 Å². The number of carbonyl (C=O) groups excluding carboxylic acids is 1. The molecule has 0 saturated carbocycles. The molecule has 0 aliphatic carbocycles. The van der Waals surface area contributed by atoms with E-state index in [4.69, 9.17) is 27.7 Å². The van der Waals surface area contributed by atoms with Crippen molar-refractivity contribution in [3.05, 3.63) is 45.5 Å². The molecule has 9 heteroatoms. The van der Waals surface area contributed by atoms with E-state index < -0.39 is 0 Å². The zero-order valence-electron chi connectivity index (χ0n) is 14.5. The summed E-state index contributed by atoms with van der Waals surface area (Å²) in [5, 5.41) is 7.97. The maximum atomic E-state index is 12.8. The molecule has 0 spiro atoms. The summed E-state index contributed by atoms with van der Waals surface area (Å²) < 4.78 is 5.42. The van der Waals surface area contributed by atoms with Crippen LogP contribution in [0.5, 0.6) is 0 Å². The van der Waals surface area contributed by atoms with Gasteiger partial charge in [-0.15, -0.1) is 12.4 Å². The molecule has 26 heavy (non-hydrogen) atoms. The van der Waals surface area contributed by atoms with Crippen molar-refractivity contribution < 1.29 is 9.32 Å². The molecule has 0 bridgehead atoms. The summed E-state index contributed by atoms with van der Waals surface area (Å²) in [4.78, 5) is 19.1. The Hall–Kier alpha value is -1.34. The monoisotopic (exact) mass is 418 g/mol. The van der Waals surface area contributed by atoms with Gasteiger partial charge < -0.3 is 14.7 Å². The van der Waals surface area contributed by atoms with Gasteiger partial charge in [-0.1, -0.05) is 28.4 Å². The van der Waals surface area contributed by atoms with Crippen molar-refractivity contribution in [2.45, 2.75) is 38.3 Å². The van der Waals surface area contributed by atoms with E-state index in [1.165, 1.54) is 0 Å². The molecule has 6 nitrogen and oxygen atoms in total. The van der Waals surface area contributed by atoms with Gasteiger partial charge in [0.1, 0.15) is 6.04 Å². The van der Waals surface area contributed by atoms with Gasteiger partial charge in [-0.2, -0.15) is 4.98 Å². The van der Waals surface area contributed by atoms with Crippen LogP contribution in [0.1, 0.15) is 47.9 Å². The maximum Gasteiger partial charge on any atom is 0.254 e. The number of benzene rings is 1. The van der Waals surface area contributed by atoms with Crippen molar-refractivity contribution in [3.8, 4) is 0 Å². The van der Waals surface area contributed by atoms with Crippen LogP contribution in [0.3, 0.4) is 0 Å². The molecule has 1 fully saturated rings. The van der Waals surface area contributed by atoms with Gasteiger partial charge >= 0.3 is 0 Å². The Morgan fingerprint density at radius 1 is 1.42 bits per heavy atom. The predicted molar refractivity (Wildman–Crippen MR) is 103 cm³/mol. The first-order chi connectivity index (χ1) is 12.0. The minimum Gasteiger partial charge on any atom is -0.337 e. The fourth-order valence-corrected chi connectivity index (χ4v) is 3.22. The molecule has 1 aliphatic rings. The number of hydrogen-bond donors (Lipinski definition) is 1. The molecule has 3 rings (SSSR count). The molecule has 1 aliphatic heterocycles. The van der Waals surface area contributed by atoms with E-state index in [1.807, 2.05) is 14.0 Å². The summed E-state index contributed by atoms with van der Waals surface area (Å²) in [7, 11) is 1.89. The number of rotatable bonds is 5. The van der Waals surface area contributed by atoms with Crippen LogP contribution < -0.4 is 5.32 Å². The van der Waals surface area contributed by atoms with E-state index in [9.17, 15) is 4.79 Å². The summed E-state index contributed by atoms with van der Waals surface area (Å²) in [6.07, 6.45) is 2.37. The molecular formula is C17H21Cl3N4O2. The van der Waals surface area contributed by atoms with Crippen LogP contribution in [-0.2, 0) is 6.42 Å². The highest BCUT2D eigenvalue weighted by Gasteiger charge is 2.34. The second-order valence-corrected chi connectivity index (χ2v) is 7.04. The number of nitrogens with one attached hydrogen (secondary N) is 1. The van der Waals surface area contributed by atoms with Crippen LogP contribution in [0.2, 0.25) is 10.0 Å². The van der Waals surface area contributed by atoms with Gasteiger partial charge in [-0.3, -0.25) is 4.79 Å². The Morgan fingerprint density at radius 2 is 2.19 bits per heavy atom. The molecule has 2 aromatic rings. The average Bonchev–Trinajstić information content (AvgIpc) is 3.25. The van der Waals surface area contributed by atoms with Crippen molar-refractivity contribution in [2.24, 2.45) is 0 Å². The number of halogens is 3. The zero-order chi connectivity index (χ0) is 18.0. The molecule has 2 unspecified atom stereocenters. The lowest BCUT2D eigenvalue weighted by molar-refractivity contribution is 0.0710. The van der Waals surface area contributed by atoms with E-state index in [2.05, 4.69) is 15.5 Å². The van der Waals surface area contributed by atoms with Gasteiger partial charge in [0.05, 0.1) is 10.0 Å². The number of amides is 1. The standard InChI is InChI=1S/C17H20Cl2N4O2.ClH/c1-10(20-2)8-15-21-16(25-22-15)14-4-3-7-23(14)17(24)11-5-6-12(18)13(19)9-11;/h5-6,9-10,14,20H,3-4,7-8H2,1-2H3;1H. The number of hydrogen-bond acceptors (Lipinski definition) is 5. The zero-order valence-corrected chi connectivity index (χ0v) is 16.9. The summed E-state index contributed by atoms with van der Waals surface area (Å²) in [5.74, 6) is 1.03. The number of carbonyl (C=O) groups is 1. The summed E-state index contributed by atoms with van der Waals surface area (Å²) in [5.41, 5.74) is 0.504. The van der Waals surface area contributed by atoms with Crippen LogP contribution in [0.25, 0.3) is 0 Å². The first kappa shape index (κ1) is 21.0. The smallest absolute Gasteiger partial charge is 0.254 e. The number of likely N-dealkylation sites (N-methyl/N-ethyl adjacent to an activating group) is 1. The minimum atomic E-state index is -0.201. The summed E-state index contributed by atoms with van der Waals surface area (Å²) in [6.45, 7) is 2.69. The highest BCUT2D eigenvalue weighted by Crippen LogP contribution is 2.33. The van der Waals surface area contributed by atoms with Crippen LogP contribution in [-0.4, -0.2) is 40.6 Å². The fourth-order valence-electron chi connectivity index (χ4n) is 2.92. The quantitative estimate of drug-likeness (QED) is 0.795. The van der Waals surface area contributed by atoms with Crippen LogP contribution in [0, 0.1) is 0 Å². The molecule has 0 radical (unpaired) electrons. The maximum absolute atomic E-state index is 12.8. The Kier molecular flexibility index (Phi) is 7.29. The molecule has 1 aromatic heterocycles. The molecule has 2 heterocycles. The lowest BCUT2D eigenvalue weighted by Gasteiger charge is -2.22. The Balaban J connectivity index is 0.00000243. The van der Waals surface area contributed by atoms with Crippen molar-refractivity contribution in [3.63, 3.8) is 0 Å². The number of nitrogens with zero attached hydrogens (tertiary/aromatic N) is 3. The van der Waals surface area contributed by atoms with E-state index in [-0.39, 0.29) is 30.4 Å². The van der Waals surface area contributed by atoms with Gasteiger partial charge in [-0.05, 0) is 45.0 Å². The predicted octanol–water partition coefficient (Wildman–Crippen LogP) is 3.93. The summed E-state index contributed by atoms with van der Waals surface area (Å²) >= 11 is 12.0. The molecular weight excluding hydrogens is 399 g/mol. The van der Waals surface area contributed by atoms with Gasteiger partial charge in [0.25, 0.3) is 5.91 Å². The van der Waals surface area contributed by atoms with Gasteiger partial charge in [-0.25, -0.2) is 0 Å². The van der Waals surface area contributed by atoms with Crippen molar-refractivity contribution in [1.82, 2.24) is 20.4 Å². The molecule has 1 amide bonds. The second-order valence-electron chi connectivity index (χ2n) is 6.23. The first-order valence-corrected chi connectivity index (χ1v) is 9.01. The van der Waals surface area contributed by atoms with Gasteiger partial charge in [0.2, 0.25) is 5.89 Å². The molecule has 1 N–H and O–H groups in total. The average molecular weight is 420 g/mol. The third-order valence-electron chi connectivity index (χ3n) is 4.43. The molecule has 1 saturated heterocycles. The molecule has 2 atom stereocenters. The lowest BCUT2D eigenvalue weighted by atomic mass is 10.1. The Morgan fingerprint density at radius 3 is 2.88 bits per heavy atom. The van der Waals surface area contributed by atoms with Crippen LogP contribution in [0.4, 0.5) is 0 Å². The van der Waals surface area contributed by atoms with Gasteiger partial charge in [0, 0.05) is 24.6 Å². The Bertz CT molecular complexity index is 768. The number of aromatic nitrogens is 2. The van der Waals surface area contributed by atoms with Crippen LogP contribution in [0.15, 0.2) is 22.7 Å². The highest BCUT2D eigenvalue weighted by molar-refractivity contribution is 6.42. The SMILES string of the molecule is CNC(C)Cc1noc(C2CCCN2C(=O)c2ccc(Cl)c(Cl)c2)n1.Cl. The van der Waals surface area contributed by atoms with Crippen molar-refractivity contribution in [2.75, 3.05) is 13.6 Å². The third kappa shape index (κ3) is 4.49. The molecule has 142 valence electrons. The van der Waals surface area contributed by atoms with Crippen molar-refractivity contribution >= 4 is 41.5 Å². The third-order valence-corrected chi connectivity index (χ3v) is 5.17. The lowest BCUT2D eigenvalue weighted by Crippen LogP contribution is -2.30. The number of likely N-dealkylation sites (tertiary alicyclic amines) is 1. The molecule has 1 aromatic carbocycles. The van der Waals surface area contributed by atoms with E-state index in [1.54, 1.807) is 23.1 Å². The largest absolute Gasteiger partial charge is 0.337 e. The highest BCUT2D eigenvalue weighted by atomic mass is 35.5. The summed E-state index contributed by atoms with van der Waals surface area (Å²) in [6, 6.07) is 4.96. The van der Waals surface area contributed by atoms with E-state index in [0.717, 1.165) is 12.8 Å². The van der Waals surface area contributed by atoms with Gasteiger partial charge in [0.15, 0.2) is 5.82 Å². The Labute approximate surface area is 168 Å². The topological polar surface area (TPSA) is 71.3 Å². The normalized spacial score (nSPS) is 17.8. The van der Waals surface area contributed by atoms with E-state index >= 15 is 0 Å². The first-order valence-electron chi connectivity index (χ1n) is 8.25. The fraction of sp³-hybridized carbons (Fsp3) is 0.471. The van der Waals surface area contributed by atoms with E-state index in [0.29, 0.717) is 40.3 Å². The minimum absolute atomic E-state index is 0.